The zero-order valence-corrected chi connectivity index (χ0v) is 16.4. The number of thioether (sulfide) groups is 1. The average molecular weight is 384 g/mol. The van der Waals surface area contributed by atoms with Gasteiger partial charge in [0.2, 0.25) is 11.8 Å². The monoisotopic (exact) mass is 383 g/mol. The van der Waals surface area contributed by atoms with Gasteiger partial charge in [-0.2, -0.15) is 0 Å². The van der Waals surface area contributed by atoms with Gasteiger partial charge in [0.05, 0.1) is 5.75 Å². The van der Waals surface area contributed by atoms with E-state index < -0.39 is 0 Å². The van der Waals surface area contributed by atoms with Crippen LogP contribution < -0.4 is 0 Å². The second-order valence-electron chi connectivity index (χ2n) is 6.66. The van der Waals surface area contributed by atoms with E-state index in [1.807, 2.05) is 16.7 Å². The number of carbonyl (C=O) groups is 2. The van der Waals surface area contributed by atoms with Gasteiger partial charge < -0.3 is 14.7 Å². The number of rotatable bonds is 4. The molecule has 3 rings (SSSR count). The Labute approximate surface area is 156 Å². The van der Waals surface area contributed by atoms with Crippen LogP contribution in [-0.2, 0) is 9.59 Å². The molecule has 0 aromatic carbocycles. The number of likely N-dealkylation sites (tertiary alicyclic amines) is 1. The Kier molecular flexibility index (Phi) is 6.29. The fraction of sp³-hybridized carbons (Fsp3) is 0.750. The van der Waals surface area contributed by atoms with Crippen molar-refractivity contribution in [1.29, 1.82) is 0 Å². The van der Waals surface area contributed by atoms with E-state index in [0.29, 0.717) is 18.8 Å². The summed E-state index contributed by atoms with van der Waals surface area (Å²) in [5.74, 6) is 0.874. The van der Waals surface area contributed by atoms with Crippen molar-refractivity contribution in [2.24, 2.45) is 5.92 Å². The van der Waals surface area contributed by atoms with Crippen LogP contribution in [0.1, 0.15) is 17.8 Å². The molecule has 0 radical (unpaired) electrons. The highest BCUT2D eigenvalue weighted by Gasteiger charge is 2.31. The van der Waals surface area contributed by atoms with Gasteiger partial charge in [-0.25, -0.2) is 0 Å². The molecule has 0 bridgehead atoms. The highest BCUT2D eigenvalue weighted by atomic mass is 32.2. The largest absolute Gasteiger partial charge is 0.342 e. The third-order valence-corrected chi connectivity index (χ3v) is 6.80. The summed E-state index contributed by atoms with van der Waals surface area (Å²) in [7, 11) is 2.09. The second kappa shape index (κ2) is 8.46. The maximum atomic E-state index is 12.6. The summed E-state index contributed by atoms with van der Waals surface area (Å²) in [6, 6.07) is 0. The van der Waals surface area contributed by atoms with E-state index in [-0.39, 0.29) is 17.7 Å². The molecule has 0 saturated carbocycles. The van der Waals surface area contributed by atoms with Crippen molar-refractivity contribution in [3.8, 4) is 0 Å². The average Bonchev–Trinajstić information content (AvgIpc) is 3.05. The Morgan fingerprint density at radius 1 is 1.08 bits per heavy atom. The molecule has 0 spiro atoms. The molecule has 2 amide bonds. The van der Waals surface area contributed by atoms with Crippen molar-refractivity contribution in [3.63, 3.8) is 0 Å². The van der Waals surface area contributed by atoms with Crippen LogP contribution in [0.3, 0.4) is 0 Å². The normalized spacial score (nSPS) is 20.1. The molecule has 3 heterocycles. The lowest BCUT2D eigenvalue weighted by molar-refractivity contribution is -0.141. The molecule has 138 valence electrons. The number of aromatic nitrogens is 2. The predicted molar refractivity (Wildman–Crippen MR) is 98.8 cm³/mol. The summed E-state index contributed by atoms with van der Waals surface area (Å²) < 4.78 is 0.839. The van der Waals surface area contributed by atoms with Gasteiger partial charge in [0.15, 0.2) is 4.34 Å². The minimum atomic E-state index is 0.0749. The van der Waals surface area contributed by atoms with Crippen LogP contribution in [0.15, 0.2) is 4.34 Å². The van der Waals surface area contributed by atoms with Crippen molar-refractivity contribution in [2.45, 2.75) is 24.1 Å². The number of hydrogen-bond acceptors (Lipinski definition) is 7. The third-order valence-electron chi connectivity index (χ3n) is 4.84. The summed E-state index contributed by atoms with van der Waals surface area (Å²) in [4.78, 5) is 31.1. The lowest BCUT2D eigenvalue weighted by Crippen LogP contribution is -2.51. The molecule has 1 aromatic heterocycles. The first-order chi connectivity index (χ1) is 12.0. The summed E-state index contributed by atoms with van der Waals surface area (Å²) >= 11 is 2.96. The number of aryl methyl sites for hydroxylation is 1. The molecule has 25 heavy (non-hydrogen) atoms. The highest BCUT2D eigenvalue weighted by molar-refractivity contribution is 8.01. The maximum absolute atomic E-state index is 12.6. The van der Waals surface area contributed by atoms with Crippen molar-refractivity contribution in [2.75, 3.05) is 52.1 Å². The molecular weight excluding hydrogens is 358 g/mol. The molecule has 2 fully saturated rings. The van der Waals surface area contributed by atoms with Crippen molar-refractivity contribution in [3.05, 3.63) is 5.01 Å². The smallest absolute Gasteiger partial charge is 0.233 e. The fourth-order valence-electron chi connectivity index (χ4n) is 3.21. The minimum absolute atomic E-state index is 0.0749. The van der Waals surface area contributed by atoms with Gasteiger partial charge in [0.1, 0.15) is 5.01 Å². The summed E-state index contributed by atoms with van der Waals surface area (Å²) in [5, 5.41) is 8.91. The highest BCUT2D eigenvalue weighted by Crippen LogP contribution is 2.24. The third kappa shape index (κ3) is 4.92. The van der Waals surface area contributed by atoms with Crippen LogP contribution >= 0.6 is 23.1 Å². The lowest BCUT2D eigenvalue weighted by Gasteiger charge is -2.37. The SMILES string of the molecule is Cc1nnc(SCC(=O)N2CCC(C(=O)N3CCN(C)CC3)CC2)s1. The van der Waals surface area contributed by atoms with Crippen molar-refractivity contribution < 1.29 is 9.59 Å². The Hall–Kier alpha value is -1.19. The van der Waals surface area contributed by atoms with E-state index in [9.17, 15) is 9.59 Å². The topological polar surface area (TPSA) is 69.6 Å². The number of amides is 2. The number of hydrogen-bond donors (Lipinski definition) is 0. The van der Waals surface area contributed by atoms with Gasteiger partial charge in [-0.1, -0.05) is 23.1 Å². The van der Waals surface area contributed by atoms with Crippen LogP contribution in [0, 0.1) is 12.8 Å². The Balaban J connectivity index is 1.41. The minimum Gasteiger partial charge on any atom is -0.342 e. The molecule has 2 saturated heterocycles. The van der Waals surface area contributed by atoms with E-state index in [1.54, 1.807) is 0 Å². The zero-order chi connectivity index (χ0) is 17.8. The fourth-order valence-corrected chi connectivity index (χ4v) is 4.93. The van der Waals surface area contributed by atoms with Crippen LogP contribution in [-0.4, -0.2) is 88.8 Å². The van der Waals surface area contributed by atoms with Crippen LogP contribution in [0.25, 0.3) is 0 Å². The van der Waals surface area contributed by atoms with Gasteiger partial charge in [-0.05, 0) is 26.8 Å². The first-order valence-electron chi connectivity index (χ1n) is 8.71. The van der Waals surface area contributed by atoms with E-state index in [0.717, 1.165) is 48.4 Å². The maximum Gasteiger partial charge on any atom is 0.233 e. The standard InChI is InChI=1S/C16H25N5O2S2/c1-12-17-18-16(25-12)24-11-14(22)20-5-3-13(4-6-20)15(23)21-9-7-19(2)8-10-21/h13H,3-11H2,1-2H3. The second-order valence-corrected chi connectivity index (χ2v) is 9.06. The molecule has 0 unspecified atom stereocenters. The first kappa shape index (κ1) is 18.6. The molecule has 0 aliphatic carbocycles. The van der Waals surface area contributed by atoms with Gasteiger partial charge in [-0.15, -0.1) is 10.2 Å². The Morgan fingerprint density at radius 2 is 1.76 bits per heavy atom. The Morgan fingerprint density at radius 3 is 2.36 bits per heavy atom. The van der Waals surface area contributed by atoms with Gasteiger partial charge in [0, 0.05) is 45.2 Å². The number of nitrogens with zero attached hydrogens (tertiary/aromatic N) is 5. The van der Waals surface area contributed by atoms with E-state index in [2.05, 4.69) is 22.1 Å². The number of piperidine rings is 1. The van der Waals surface area contributed by atoms with Gasteiger partial charge in [-0.3, -0.25) is 9.59 Å². The predicted octanol–water partition coefficient (Wildman–Crippen LogP) is 0.951. The van der Waals surface area contributed by atoms with Crippen LogP contribution in [0.5, 0.6) is 0 Å². The van der Waals surface area contributed by atoms with E-state index in [4.69, 9.17) is 0 Å². The Bertz CT molecular complexity index is 607. The summed E-state index contributed by atoms with van der Waals surface area (Å²) in [6.45, 7) is 6.82. The summed E-state index contributed by atoms with van der Waals surface area (Å²) in [6.07, 6.45) is 1.55. The zero-order valence-electron chi connectivity index (χ0n) is 14.8. The molecule has 2 aliphatic rings. The molecule has 1 aromatic rings. The van der Waals surface area contributed by atoms with Crippen LogP contribution in [0.2, 0.25) is 0 Å². The molecule has 0 N–H and O–H groups in total. The quantitative estimate of drug-likeness (QED) is 0.721. The first-order valence-corrected chi connectivity index (χ1v) is 10.5. The molecule has 2 aliphatic heterocycles. The van der Waals surface area contributed by atoms with E-state index in [1.165, 1.54) is 23.1 Å². The lowest BCUT2D eigenvalue weighted by atomic mass is 9.95. The molecular formula is C16H25N5O2S2. The molecule has 7 nitrogen and oxygen atoms in total. The number of piperazine rings is 1. The molecule has 0 atom stereocenters. The van der Waals surface area contributed by atoms with Crippen molar-refractivity contribution in [1.82, 2.24) is 24.9 Å². The number of likely N-dealkylation sites (N-methyl/N-ethyl adjacent to an activating group) is 1. The van der Waals surface area contributed by atoms with Crippen molar-refractivity contribution >= 4 is 34.9 Å². The number of carbonyl (C=O) groups excluding carboxylic acids is 2. The summed E-state index contributed by atoms with van der Waals surface area (Å²) in [5.41, 5.74) is 0. The van der Waals surface area contributed by atoms with Gasteiger partial charge in [0.25, 0.3) is 0 Å². The van der Waals surface area contributed by atoms with Crippen LogP contribution in [0.4, 0.5) is 0 Å². The molecule has 9 heteroatoms. The van der Waals surface area contributed by atoms with E-state index >= 15 is 0 Å². The van der Waals surface area contributed by atoms with Gasteiger partial charge >= 0.3 is 0 Å².